The van der Waals surface area contributed by atoms with Crippen molar-refractivity contribution in [1.82, 2.24) is 10.6 Å². The molecule has 0 aromatic rings. The van der Waals surface area contributed by atoms with E-state index in [2.05, 4.69) is 35.8 Å². The largest absolute Gasteiger partial charge is 0.458 e. The van der Waals surface area contributed by atoms with Crippen LogP contribution in [0.5, 0.6) is 0 Å². The highest BCUT2D eigenvalue weighted by atomic mass is 16.5. The van der Waals surface area contributed by atoms with E-state index in [-0.39, 0.29) is 29.2 Å². The summed E-state index contributed by atoms with van der Waals surface area (Å²) < 4.78 is 10.6. The Bertz CT molecular complexity index is 1100. The third-order valence-corrected chi connectivity index (χ3v) is 7.65. The summed E-state index contributed by atoms with van der Waals surface area (Å²) in [5.74, 6) is -1.35. The van der Waals surface area contributed by atoms with Gasteiger partial charge in [-0.2, -0.15) is 0 Å². The van der Waals surface area contributed by atoms with Crippen LogP contribution in [0.15, 0.2) is 71.9 Å². The summed E-state index contributed by atoms with van der Waals surface area (Å²) in [5.41, 5.74) is 1.68. The van der Waals surface area contributed by atoms with Crippen molar-refractivity contribution in [3.63, 3.8) is 0 Å². The van der Waals surface area contributed by atoms with E-state index < -0.39 is 36.2 Å². The van der Waals surface area contributed by atoms with Crippen LogP contribution in [-0.4, -0.2) is 54.5 Å². The van der Waals surface area contributed by atoms with Crippen molar-refractivity contribution in [3.05, 3.63) is 71.9 Å². The molecule has 1 aliphatic carbocycles. The predicted molar refractivity (Wildman–Crippen MR) is 157 cm³/mol. The number of hydrogen-bond donors (Lipinski definition) is 3. The van der Waals surface area contributed by atoms with Gasteiger partial charge in [-0.1, -0.05) is 86.6 Å². The summed E-state index contributed by atoms with van der Waals surface area (Å²) in [4.78, 5) is 36.2. The molecule has 220 valence electrons. The van der Waals surface area contributed by atoms with Gasteiger partial charge in [-0.15, -0.1) is 0 Å². The number of carbonyl (C=O) groups excluding carboxylic acids is 3. The van der Waals surface area contributed by atoms with Gasteiger partial charge in [0.15, 0.2) is 0 Å². The first-order chi connectivity index (χ1) is 18.7. The van der Waals surface area contributed by atoms with Crippen LogP contribution in [-0.2, 0) is 19.1 Å². The number of carbonyl (C=O) groups is 3. The monoisotopic (exact) mass is 554 g/mol. The number of allylic oxidation sites excluding steroid dienone is 9. The minimum absolute atomic E-state index is 0.0727. The number of cyclic esters (lactones) is 1. The normalized spacial score (nSPS) is 34.7. The molecule has 0 aromatic heterocycles. The van der Waals surface area contributed by atoms with Crippen LogP contribution in [0.4, 0.5) is 4.79 Å². The fourth-order valence-corrected chi connectivity index (χ4v) is 5.22. The lowest BCUT2D eigenvalue weighted by molar-refractivity contribution is -0.151. The molecule has 40 heavy (non-hydrogen) atoms. The Hall–Kier alpha value is -3.39. The van der Waals surface area contributed by atoms with Crippen LogP contribution in [0.1, 0.15) is 54.9 Å². The number of nitrogens with one attached hydrogen (secondary N) is 2. The number of ether oxygens (including phenoxy) is 2. The fourth-order valence-electron chi connectivity index (χ4n) is 5.22. The molecule has 1 heterocycles. The molecule has 2 rings (SSSR count). The first-order valence-electron chi connectivity index (χ1n) is 13.8. The molecule has 0 aromatic carbocycles. The third-order valence-electron chi connectivity index (χ3n) is 7.65. The predicted octanol–water partition coefficient (Wildman–Crippen LogP) is 4.94. The Labute approximate surface area is 239 Å². The Morgan fingerprint density at radius 3 is 2.48 bits per heavy atom. The van der Waals surface area contributed by atoms with E-state index in [1.165, 1.54) is 20.1 Å². The number of aliphatic hydroxyl groups excluding tert-OH is 1. The van der Waals surface area contributed by atoms with Gasteiger partial charge in [-0.25, -0.2) is 9.59 Å². The fraction of sp³-hybridized carbons (Fsp3) is 0.531. The molecule has 2 aliphatic rings. The lowest BCUT2D eigenvalue weighted by Gasteiger charge is -2.38. The molecule has 1 aliphatic heterocycles. The zero-order valence-corrected chi connectivity index (χ0v) is 25.0. The number of aliphatic hydroxyl groups is 1. The topological polar surface area (TPSA) is 114 Å². The van der Waals surface area contributed by atoms with Gasteiger partial charge in [0.25, 0.3) is 0 Å². The van der Waals surface area contributed by atoms with Gasteiger partial charge in [-0.05, 0) is 32.6 Å². The number of alkyl carbamates (subject to hydrolysis) is 1. The molecule has 0 fully saturated rings. The zero-order valence-electron chi connectivity index (χ0n) is 25.0. The molecule has 0 radical (unpaired) electrons. The zero-order chi connectivity index (χ0) is 30.0. The van der Waals surface area contributed by atoms with E-state index in [4.69, 9.17) is 9.47 Å². The maximum absolute atomic E-state index is 12.8. The first kappa shape index (κ1) is 32.8. The van der Waals surface area contributed by atoms with Crippen molar-refractivity contribution in [2.45, 2.75) is 79.2 Å². The van der Waals surface area contributed by atoms with Crippen molar-refractivity contribution in [2.24, 2.45) is 23.2 Å². The van der Waals surface area contributed by atoms with E-state index in [0.717, 1.165) is 11.1 Å². The second-order valence-electron chi connectivity index (χ2n) is 11.3. The van der Waals surface area contributed by atoms with Gasteiger partial charge in [0.05, 0.1) is 25.3 Å². The van der Waals surface area contributed by atoms with Crippen molar-refractivity contribution in [3.8, 4) is 0 Å². The summed E-state index contributed by atoms with van der Waals surface area (Å²) in [6, 6.07) is -0.675. The molecular formula is C32H46N2O6. The minimum Gasteiger partial charge on any atom is -0.458 e. The van der Waals surface area contributed by atoms with E-state index in [0.29, 0.717) is 6.42 Å². The van der Waals surface area contributed by atoms with E-state index in [1.54, 1.807) is 13.0 Å². The molecule has 0 saturated carbocycles. The second kappa shape index (κ2) is 14.8. The van der Waals surface area contributed by atoms with Crippen LogP contribution in [0.25, 0.3) is 0 Å². The number of fused-ring (bicyclic) bond motifs is 1. The minimum atomic E-state index is -0.921. The third kappa shape index (κ3) is 9.66. The Morgan fingerprint density at radius 1 is 1.12 bits per heavy atom. The maximum Gasteiger partial charge on any atom is 0.407 e. The molecular weight excluding hydrogens is 508 g/mol. The summed E-state index contributed by atoms with van der Waals surface area (Å²) in [5, 5.41) is 16.6. The molecule has 0 saturated heterocycles. The molecule has 8 nitrogen and oxygen atoms in total. The highest BCUT2D eigenvalue weighted by molar-refractivity contribution is 5.82. The molecule has 3 N–H and O–H groups in total. The lowest BCUT2D eigenvalue weighted by atomic mass is 9.68. The number of esters is 1. The summed E-state index contributed by atoms with van der Waals surface area (Å²) in [6.45, 7) is 13.0. The van der Waals surface area contributed by atoms with Gasteiger partial charge in [0, 0.05) is 30.8 Å². The lowest BCUT2D eigenvalue weighted by Crippen LogP contribution is -2.48. The van der Waals surface area contributed by atoms with Crippen molar-refractivity contribution >= 4 is 18.0 Å². The van der Waals surface area contributed by atoms with Crippen LogP contribution < -0.4 is 10.6 Å². The number of hydrogen-bond acceptors (Lipinski definition) is 6. The first-order valence-corrected chi connectivity index (χ1v) is 13.8. The Kier molecular flexibility index (Phi) is 12.2. The van der Waals surface area contributed by atoms with Gasteiger partial charge >= 0.3 is 12.1 Å². The molecule has 0 unspecified atom stereocenters. The van der Waals surface area contributed by atoms with Crippen LogP contribution in [0.2, 0.25) is 0 Å². The number of rotatable bonds is 5. The van der Waals surface area contributed by atoms with Crippen LogP contribution in [0, 0.1) is 23.2 Å². The quantitative estimate of drug-likeness (QED) is 0.328. The van der Waals surface area contributed by atoms with Gasteiger partial charge in [-0.3, -0.25) is 4.79 Å². The summed E-state index contributed by atoms with van der Waals surface area (Å²) in [7, 11) is 1.35. The highest BCUT2D eigenvalue weighted by Gasteiger charge is 2.36. The average Bonchev–Trinajstić information content (AvgIpc) is 2.89. The van der Waals surface area contributed by atoms with Crippen molar-refractivity contribution in [1.29, 1.82) is 0 Å². The molecule has 0 spiro atoms. The molecule has 8 heteroatoms. The molecule has 2 amide bonds. The Balaban J connectivity index is 2.47. The number of methoxy groups -OCH3 is 1. The van der Waals surface area contributed by atoms with Gasteiger partial charge in [0.1, 0.15) is 6.10 Å². The molecule has 0 bridgehead atoms. The van der Waals surface area contributed by atoms with Crippen molar-refractivity contribution < 1.29 is 29.0 Å². The van der Waals surface area contributed by atoms with E-state index in [1.807, 2.05) is 58.1 Å². The average molecular weight is 555 g/mol. The SMILES string of the molecule is COC(=O)N[C@@H]1C=C[C@@H]2/C=C(C)/C=C/[C@@H](C)[C@H]([C@H](C)[C@H](O)[C@@H](C)NC(C)=O)OC(=O)/C=C/C=C(C)\C=C\[C@]2(C)C1. The standard InChI is InChI=1S/C32H46N2O6/c1-20-10-9-11-28(36)40-30(23(4)29(37)24(5)33-25(6)35)22(3)13-12-21(2)18-26-14-15-27(34-31(38)39-8)19-32(26,7)17-16-20/h9-18,22-24,26-27,29-30,37H,19H2,1-8H3,(H,33,35)(H,34,38)/b11-9+,13-12+,17-16+,20-10-,21-18+/t22-,23-,24-,26-,27-,29+,30-,32-/m1/s1. The van der Waals surface area contributed by atoms with Gasteiger partial charge in [0.2, 0.25) is 5.91 Å². The Morgan fingerprint density at radius 2 is 1.82 bits per heavy atom. The van der Waals surface area contributed by atoms with E-state index in [9.17, 15) is 19.5 Å². The van der Waals surface area contributed by atoms with E-state index >= 15 is 0 Å². The van der Waals surface area contributed by atoms with Crippen LogP contribution in [0.3, 0.4) is 0 Å². The second-order valence-corrected chi connectivity index (χ2v) is 11.3. The maximum atomic E-state index is 12.8. The molecule has 8 atom stereocenters. The smallest absolute Gasteiger partial charge is 0.407 e. The van der Waals surface area contributed by atoms with Crippen molar-refractivity contribution in [2.75, 3.05) is 7.11 Å². The summed E-state index contributed by atoms with van der Waals surface area (Å²) >= 11 is 0. The highest BCUT2D eigenvalue weighted by Crippen LogP contribution is 2.41. The number of amides is 2. The van der Waals surface area contributed by atoms with Gasteiger partial charge < -0.3 is 25.2 Å². The van der Waals surface area contributed by atoms with Crippen LogP contribution >= 0.6 is 0 Å². The summed E-state index contributed by atoms with van der Waals surface area (Å²) in [6.07, 6.45) is 18.0.